The number of hydrogen-bond acceptors (Lipinski definition) is 0. The Labute approximate surface area is 54.5 Å². The normalized spacial score (nSPS) is 14.0. The maximum absolute atomic E-state index is 2.46. The van der Waals surface area contributed by atoms with Crippen LogP contribution in [0.2, 0.25) is 0 Å². The minimum atomic E-state index is -0.645. The van der Waals surface area contributed by atoms with Crippen LogP contribution in [0.4, 0.5) is 0 Å². The first-order valence-corrected chi connectivity index (χ1v) is 7.35. The van der Waals surface area contributed by atoms with Crippen LogP contribution >= 0.6 is 29.5 Å². The van der Waals surface area contributed by atoms with Crippen LogP contribution in [0.25, 0.3) is 0 Å². The third kappa shape index (κ3) is 5.22. The molecule has 38 valence electrons. The average Bonchev–Trinajstić information content (AvgIpc) is 1.35. The van der Waals surface area contributed by atoms with Crippen LogP contribution in [0.1, 0.15) is 0 Å². The maximum atomic E-state index is 2.46. The van der Waals surface area contributed by atoms with Gasteiger partial charge < -0.3 is 0 Å². The van der Waals surface area contributed by atoms with Gasteiger partial charge in [0.25, 0.3) is 0 Å². The molecule has 0 nitrogen and oxygen atoms in total. The van der Waals surface area contributed by atoms with Gasteiger partial charge in [0.05, 0.1) is 0 Å². The van der Waals surface area contributed by atoms with Gasteiger partial charge in [-0.05, 0) is 0 Å². The quantitative estimate of drug-likeness (QED) is 0.352. The van der Waals surface area contributed by atoms with Gasteiger partial charge in [-0.1, -0.05) is 0 Å². The van der Waals surface area contributed by atoms with Crippen molar-refractivity contribution < 1.29 is 0 Å². The minimum absolute atomic E-state index is 0.645. The van der Waals surface area contributed by atoms with E-state index >= 15 is 0 Å². The van der Waals surface area contributed by atoms with Gasteiger partial charge in [0, 0.05) is 0 Å². The van der Waals surface area contributed by atoms with Crippen LogP contribution in [0, 0.1) is 0 Å². The molecule has 0 aliphatic heterocycles. The van der Waals surface area contributed by atoms with Crippen LogP contribution in [-0.2, 0) is 0 Å². The zero-order chi connectivity index (χ0) is 5.21. The molecule has 0 saturated carbocycles. The van der Waals surface area contributed by atoms with Gasteiger partial charge >= 0.3 is 54.4 Å². The molecular formula is C3H11BIP. The van der Waals surface area contributed by atoms with E-state index in [1.807, 2.05) is 0 Å². The number of halogens is 1. The van der Waals surface area contributed by atoms with Gasteiger partial charge in [-0.2, -0.15) is 0 Å². The molecular weight excluding hydrogens is 205 g/mol. The van der Waals surface area contributed by atoms with Crippen molar-refractivity contribution in [3.63, 3.8) is 0 Å². The summed E-state index contributed by atoms with van der Waals surface area (Å²) in [6, 6.07) is 0. The van der Waals surface area contributed by atoms with E-state index in [-0.39, 0.29) is 0 Å². The van der Waals surface area contributed by atoms with Crippen molar-refractivity contribution in [2.24, 2.45) is 0 Å². The first-order chi connectivity index (χ1) is 2.56. The van der Waals surface area contributed by atoms with Crippen molar-refractivity contribution >= 4 is 34.4 Å². The molecule has 0 aliphatic carbocycles. The Morgan fingerprint density at radius 3 is 1.50 bits per heavy atom. The van der Waals surface area contributed by atoms with Gasteiger partial charge in [0.2, 0.25) is 0 Å². The monoisotopic (exact) mass is 216 g/mol. The SMILES string of the molecule is C[PH](C)(C)BI. The van der Waals surface area contributed by atoms with Crippen LogP contribution in [0.15, 0.2) is 0 Å². The van der Waals surface area contributed by atoms with Gasteiger partial charge in [-0.15, -0.1) is 0 Å². The molecule has 0 N–H and O–H groups in total. The van der Waals surface area contributed by atoms with Crippen molar-refractivity contribution in [2.45, 2.75) is 0 Å². The van der Waals surface area contributed by atoms with Crippen molar-refractivity contribution in [1.82, 2.24) is 0 Å². The van der Waals surface area contributed by atoms with E-state index in [1.54, 1.807) is 0 Å². The summed E-state index contributed by atoms with van der Waals surface area (Å²) in [7, 11) is -0.645. The van der Waals surface area contributed by atoms with Crippen molar-refractivity contribution in [3.8, 4) is 0 Å². The van der Waals surface area contributed by atoms with Crippen molar-refractivity contribution in [2.75, 3.05) is 20.0 Å². The number of hydrogen-bond donors (Lipinski definition) is 0. The summed E-state index contributed by atoms with van der Waals surface area (Å²) in [5, 5.41) is 0. The summed E-state index contributed by atoms with van der Waals surface area (Å²) in [6.07, 6.45) is 0. The fourth-order valence-corrected chi connectivity index (χ4v) is 0. The molecule has 3 heteroatoms. The molecule has 0 saturated heterocycles. The molecule has 0 rings (SSSR count). The molecule has 0 aliphatic rings. The molecule has 6 heavy (non-hydrogen) atoms. The Balaban J connectivity index is 3.17. The van der Waals surface area contributed by atoms with Crippen LogP contribution in [-0.4, -0.2) is 24.8 Å². The summed E-state index contributed by atoms with van der Waals surface area (Å²) in [5.41, 5.74) is 0. The summed E-state index contributed by atoms with van der Waals surface area (Å²) in [6.45, 7) is 7.12. The molecule has 0 bridgehead atoms. The Bertz CT molecular complexity index is 40.5. The second-order valence-electron chi connectivity index (χ2n) is 2.69. The fourth-order valence-electron chi connectivity index (χ4n) is 0. The standard InChI is InChI=1S/C3H11BIP/c1-6(2,3)4-5/h4,6H,1-3H3. The molecule has 0 amide bonds. The van der Waals surface area contributed by atoms with E-state index in [2.05, 4.69) is 42.4 Å². The van der Waals surface area contributed by atoms with Crippen molar-refractivity contribution in [3.05, 3.63) is 0 Å². The second-order valence-corrected chi connectivity index (χ2v) is 10.4. The molecule has 0 fully saturated rings. The third-order valence-electron chi connectivity index (χ3n) is 0.401. The molecule has 0 radical (unpaired) electrons. The van der Waals surface area contributed by atoms with E-state index in [0.29, 0.717) is 0 Å². The molecule has 0 heterocycles. The fraction of sp³-hybridized carbons (Fsp3) is 1.00. The van der Waals surface area contributed by atoms with E-state index in [9.17, 15) is 0 Å². The number of rotatable bonds is 1. The predicted molar refractivity (Wildman–Crippen MR) is 47.3 cm³/mol. The molecule has 0 unspecified atom stereocenters. The van der Waals surface area contributed by atoms with Gasteiger partial charge in [0.1, 0.15) is 0 Å². The molecule has 0 atom stereocenters. The summed E-state index contributed by atoms with van der Waals surface area (Å²) >= 11 is 2.46. The van der Waals surface area contributed by atoms with Crippen LogP contribution in [0.5, 0.6) is 0 Å². The predicted octanol–water partition coefficient (Wildman–Crippen LogP) is 1.33. The van der Waals surface area contributed by atoms with E-state index < -0.39 is 7.14 Å². The molecule has 0 aromatic rings. The van der Waals surface area contributed by atoms with Crippen LogP contribution in [0.3, 0.4) is 0 Å². The summed E-state index contributed by atoms with van der Waals surface area (Å²) < 4.78 is 0. The van der Waals surface area contributed by atoms with Gasteiger partial charge in [0.15, 0.2) is 0 Å². The second kappa shape index (κ2) is 2.51. The zero-order valence-corrected chi connectivity index (χ0v) is 7.74. The molecule has 0 aromatic heterocycles. The third-order valence-corrected chi connectivity index (χ3v) is 8.07. The van der Waals surface area contributed by atoms with E-state index in [1.165, 1.54) is 4.86 Å². The molecule has 0 spiro atoms. The topological polar surface area (TPSA) is 0 Å². The first-order valence-electron chi connectivity index (χ1n) is 2.12. The first kappa shape index (κ1) is 7.22. The molecule has 0 aromatic carbocycles. The average molecular weight is 216 g/mol. The van der Waals surface area contributed by atoms with Gasteiger partial charge in [-0.25, -0.2) is 0 Å². The van der Waals surface area contributed by atoms with Crippen molar-refractivity contribution in [1.29, 1.82) is 0 Å². The van der Waals surface area contributed by atoms with Crippen LogP contribution < -0.4 is 0 Å². The summed E-state index contributed by atoms with van der Waals surface area (Å²) in [5.74, 6) is 0. The Kier molecular flexibility index (Phi) is 3.02. The Hall–Kier alpha value is 1.22. The van der Waals surface area contributed by atoms with Gasteiger partial charge in [-0.3, -0.25) is 0 Å². The van der Waals surface area contributed by atoms with E-state index in [4.69, 9.17) is 0 Å². The summed E-state index contributed by atoms with van der Waals surface area (Å²) in [4.78, 5) is 1.38. The Morgan fingerprint density at radius 2 is 1.50 bits per heavy atom. The van der Waals surface area contributed by atoms with E-state index in [0.717, 1.165) is 0 Å². The zero-order valence-electron chi connectivity index (χ0n) is 4.59. The Morgan fingerprint density at radius 1 is 1.33 bits per heavy atom.